The highest BCUT2D eigenvalue weighted by molar-refractivity contribution is 5.75. The molecule has 106 valence electrons. The van der Waals surface area contributed by atoms with Crippen LogP contribution in [0.2, 0.25) is 0 Å². The number of nitrogens with zero attached hydrogens (tertiary/aromatic N) is 1. The number of urea groups is 1. The van der Waals surface area contributed by atoms with Crippen LogP contribution in [0.15, 0.2) is 22.8 Å². The summed E-state index contributed by atoms with van der Waals surface area (Å²) in [4.78, 5) is 23.9. The van der Waals surface area contributed by atoms with Gasteiger partial charge in [-0.2, -0.15) is 0 Å². The van der Waals surface area contributed by atoms with Crippen molar-refractivity contribution in [2.45, 2.75) is 26.3 Å². The number of furan rings is 1. The van der Waals surface area contributed by atoms with E-state index in [0.717, 1.165) is 5.76 Å². The van der Waals surface area contributed by atoms with Gasteiger partial charge < -0.3 is 19.7 Å². The smallest absolute Gasteiger partial charge is 0.317 e. The third-order valence-corrected chi connectivity index (χ3v) is 2.77. The molecule has 1 heterocycles. The van der Waals surface area contributed by atoms with Crippen molar-refractivity contribution in [3.8, 4) is 0 Å². The fourth-order valence-electron chi connectivity index (χ4n) is 1.67. The molecule has 0 saturated carbocycles. The van der Waals surface area contributed by atoms with Gasteiger partial charge in [0.05, 0.1) is 12.2 Å². The van der Waals surface area contributed by atoms with E-state index < -0.39 is 11.9 Å². The quantitative estimate of drug-likeness (QED) is 0.820. The van der Waals surface area contributed by atoms with Crippen molar-refractivity contribution in [2.75, 3.05) is 13.6 Å². The SMILES string of the molecule is CC(Cc1ccco1)NC(=O)N(C)CC(C)C(=O)O. The monoisotopic (exact) mass is 268 g/mol. The second-order valence-electron chi connectivity index (χ2n) is 4.75. The Morgan fingerprint density at radius 1 is 1.47 bits per heavy atom. The summed E-state index contributed by atoms with van der Waals surface area (Å²) in [6.07, 6.45) is 2.19. The molecule has 2 amide bonds. The van der Waals surface area contributed by atoms with Crippen molar-refractivity contribution < 1.29 is 19.1 Å². The molecule has 0 bridgehead atoms. The van der Waals surface area contributed by atoms with Gasteiger partial charge in [-0.3, -0.25) is 4.79 Å². The molecule has 6 heteroatoms. The molecule has 1 aromatic rings. The first-order valence-corrected chi connectivity index (χ1v) is 6.17. The third kappa shape index (κ3) is 5.03. The number of carboxylic acids is 1. The van der Waals surface area contributed by atoms with Crippen LogP contribution in [-0.4, -0.2) is 41.6 Å². The lowest BCUT2D eigenvalue weighted by Gasteiger charge is -2.22. The maximum Gasteiger partial charge on any atom is 0.317 e. The zero-order chi connectivity index (χ0) is 14.4. The molecule has 1 rings (SSSR count). The van der Waals surface area contributed by atoms with Gasteiger partial charge in [0, 0.05) is 26.1 Å². The minimum absolute atomic E-state index is 0.0822. The van der Waals surface area contributed by atoms with E-state index in [1.54, 1.807) is 26.3 Å². The number of amides is 2. The van der Waals surface area contributed by atoms with E-state index in [2.05, 4.69) is 5.32 Å². The van der Waals surface area contributed by atoms with Gasteiger partial charge in [0.2, 0.25) is 0 Å². The summed E-state index contributed by atoms with van der Waals surface area (Å²) < 4.78 is 5.20. The zero-order valence-corrected chi connectivity index (χ0v) is 11.4. The summed E-state index contributed by atoms with van der Waals surface area (Å²) in [5.41, 5.74) is 0. The normalized spacial score (nSPS) is 13.6. The van der Waals surface area contributed by atoms with E-state index in [1.165, 1.54) is 4.90 Å². The molecule has 0 aliphatic rings. The first kappa shape index (κ1) is 15.1. The minimum atomic E-state index is -0.914. The van der Waals surface area contributed by atoms with Crippen LogP contribution in [-0.2, 0) is 11.2 Å². The molecular weight excluding hydrogens is 248 g/mol. The van der Waals surface area contributed by atoms with E-state index in [1.807, 2.05) is 13.0 Å². The number of hydrogen-bond donors (Lipinski definition) is 2. The molecular formula is C13H20N2O4. The zero-order valence-electron chi connectivity index (χ0n) is 11.4. The van der Waals surface area contributed by atoms with E-state index in [-0.39, 0.29) is 18.6 Å². The van der Waals surface area contributed by atoms with Gasteiger partial charge in [0.25, 0.3) is 0 Å². The third-order valence-electron chi connectivity index (χ3n) is 2.77. The Bertz CT molecular complexity index is 416. The van der Waals surface area contributed by atoms with E-state index in [0.29, 0.717) is 6.42 Å². The van der Waals surface area contributed by atoms with Crippen LogP contribution in [0.3, 0.4) is 0 Å². The highest BCUT2D eigenvalue weighted by Crippen LogP contribution is 2.05. The van der Waals surface area contributed by atoms with E-state index in [4.69, 9.17) is 9.52 Å². The number of carbonyl (C=O) groups excluding carboxylic acids is 1. The van der Waals surface area contributed by atoms with Crippen molar-refractivity contribution in [2.24, 2.45) is 5.92 Å². The van der Waals surface area contributed by atoms with Crippen LogP contribution in [0.1, 0.15) is 19.6 Å². The fourth-order valence-corrected chi connectivity index (χ4v) is 1.67. The Kier molecular flexibility index (Phi) is 5.41. The van der Waals surface area contributed by atoms with Gasteiger partial charge >= 0.3 is 12.0 Å². The Morgan fingerprint density at radius 2 is 2.16 bits per heavy atom. The minimum Gasteiger partial charge on any atom is -0.481 e. The van der Waals surface area contributed by atoms with Crippen molar-refractivity contribution in [3.05, 3.63) is 24.2 Å². The van der Waals surface area contributed by atoms with Gasteiger partial charge in [-0.05, 0) is 19.1 Å². The average molecular weight is 268 g/mol. The van der Waals surface area contributed by atoms with Crippen molar-refractivity contribution in [3.63, 3.8) is 0 Å². The first-order valence-electron chi connectivity index (χ1n) is 6.17. The molecule has 1 aromatic heterocycles. The Labute approximate surface area is 112 Å². The predicted octanol–water partition coefficient (Wildman–Crippen LogP) is 1.57. The fraction of sp³-hybridized carbons (Fsp3) is 0.538. The van der Waals surface area contributed by atoms with Crippen LogP contribution in [0, 0.1) is 5.92 Å². The highest BCUT2D eigenvalue weighted by atomic mass is 16.4. The second kappa shape index (κ2) is 6.82. The Morgan fingerprint density at radius 3 is 2.68 bits per heavy atom. The summed E-state index contributed by atoms with van der Waals surface area (Å²) in [5, 5.41) is 11.6. The number of rotatable bonds is 6. The van der Waals surface area contributed by atoms with Crippen molar-refractivity contribution in [1.29, 1.82) is 0 Å². The van der Waals surface area contributed by atoms with E-state index >= 15 is 0 Å². The lowest BCUT2D eigenvalue weighted by atomic mass is 10.2. The van der Waals surface area contributed by atoms with Crippen molar-refractivity contribution >= 4 is 12.0 Å². The Balaban J connectivity index is 2.38. The first-order chi connectivity index (χ1) is 8.90. The summed E-state index contributed by atoms with van der Waals surface area (Å²) in [6.45, 7) is 3.61. The number of aliphatic carboxylic acids is 1. The lowest BCUT2D eigenvalue weighted by Crippen LogP contribution is -2.44. The Hall–Kier alpha value is -1.98. The van der Waals surface area contributed by atoms with Crippen LogP contribution in [0.25, 0.3) is 0 Å². The molecule has 0 saturated heterocycles. The van der Waals surface area contributed by atoms with Crippen LogP contribution < -0.4 is 5.32 Å². The molecule has 0 spiro atoms. The maximum atomic E-state index is 11.8. The van der Waals surface area contributed by atoms with Crippen LogP contribution in [0.5, 0.6) is 0 Å². The maximum absolute atomic E-state index is 11.8. The topological polar surface area (TPSA) is 82.8 Å². The van der Waals surface area contributed by atoms with E-state index in [9.17, 15) is 9.59 Å². The highest BCUT2D eigenvalue weighted by Gasteiger charge is 2.18. The molecule has 0 fully saturated rings. The van der Waals surface area contributed by atoms with Crippen LogP contribution in [0.4, 0.5) is 4.79 Å². The summed E-state index contributed by atoms with van der Waals surface area (Å²) in [7, 11) is 1.58. The molecule has 2 unspecified atom stereocenters. The summed E-state index contributed by atoms with van der Waals surface area (Å²) in [6, 6.07) is 3.28. The molecule has 0 aliphatic heterocycles. The predicted molar refractivity (Wildman–Crippen MR) is 69.8 cm³/mol. The molecule has 19 heavy (non-hydrogen) atoms. The summed E-state index contributed by atoms with van der Waals surface area (Å²) >= 11 is 0. The van der Waals surface area contributed by atoms with Gasteiger partial charge in [-0.1, -0.05) is 6.92 Å². The number of hydrogen-bond acceptors (Lipinski definition) is 3. The van der Waals surface area contributed by atoms with Gasteiger partial charge in [0.1, 0.15) is 5.76 Å². The van der Waals surface area contributed by atoms with Crippen molar-refractivity contribution in [1.82, 2.24) is 10.2 Å². The number of nitrogens with one attached hydrogen (secondary N) is 1. The number of carbonyl (C=O) groups is 2. The van der Waals surface area contributed by atoms with Gasteiger partial charge in [-0.15, -0.1) is 0 Å². The largest absolute Gasteiger partial charge is 0.481 e. The standard InChI is InChI=1S/C13H20N2O4/c1-9(12(16)17)8-15(3)13(18)14-10(2)7-11-5-4-6-19-11/h4-6,9-10H,7-8H2,1-3H3,(H,14,18)(H,16,17). The van der Waals surface area contributed by atoms with Gasteiger partial charge in [0.15, 0.2) is 0 Å². The molecule has 2 atom stereocenters. The number of carboxylic acid groups (broad SMARTS) is 1. The second-order valence-corrected chi connectivity index (χ2v) is 4.75. The average Bonchev–Trinajstić information content (AvgIpc) is 2.80. The summed E-state index contributed by atoms with van der Waals surface area (Å²) in [5.74, 6) is -0.700. The lowest BCUT2D eigenvalue weighted by molar-refractivity contribution is -0.141. The molecule has 6 nitrogen and oxygen atoms in total. The van der Waals surface area contributed by atoms with Gasteiger partial charge in [-0.25, -0.2) is 4.79 Å². The molecule has 0 aromatic carbocycles. The molecule has 0 radical (unpaired) electrons. The molecule has 2 N–H and O–H groups in total. The molecule has 0 aliphatic carbocycles. The van der Waals surface area contributed by atoms with Crippen LogP contribution >= 0.6 is 0 Å².